The molecule has 0 amide bonds. The van der Waals surface area contributed by atoms with Crippen LogP contribution in [0.5, 0.6) is 0 Å². The van der Waals surface area contributed by atoms with Gasteiger partial charge in [-0.2, -0.15) is 0 Å². The Morgan fingerprint density at radius 1 is 1.42 bits per heavy atom. The lowest BCUT2D eigenvalue weighted by Crippen LogP contribution is -2.11. The molecule has 0 bridgehead atoms. The quantitative estimate of drug-likeness (QED) is 0.669. The highest BCUT2D eigenvalue weighted by molar-refractivity contribution is 5.22. The molecule has 3 heteroatoms. The van der Waals surface area contributed by atoms with Crippen molar-refractivity contribution >= 4 is 0 Å². The molecule has 2 nitrogen and oxygen atoms in total. The summed E-state index contributed by atoms with van der Waals surface area (Å²) >= 11 is 0. The molecule has 64 valence electrons. The van der Waals surface area contributed by atoms with Gasteiger partial charge in [0.1, 0.15) is 6.67 Å². The summed E-state index contributed by atoms with van der Waals surface area (Å²) in [5.41, 5.74) is 1.43. The molecule has 1 aromatic heterocycles. The highest BCUT2D eigenvalue weighted by atomic mass is 19.1. The van der Waals surface area contributed by atoms with E-state index in [4.69, 9.17) is 0 Å². The van der Waals surface area contributed by atoms with Gasteiger partial charge in [0.15, 0.2) is 0 Å². The van der Waals surface area contributed by atoms with Crippen LogP contribution in [0.15, 0.2) is 12.4 Å². The van der Waals surface area contributed by atoms with Crippen molar-refractivity contribution in [2.75, 3.05) is 6.67 Å². The molecule has 1 heterocycles. The summed E-state index contributed by atoms with van der Waals surface area (Å²) in [6.07, 6.45) is 5.23. The number of alkyl halides is 1. The SMILES string of the molecule is Cc1cnc(C2(CF)CC2)cn1. The number of hydrogen-bond acceptors (Lipinski definition) is 2. The van der Waals surface area contributed by atoms with E-state index in [2.05, 4.69) is 9.97 Å². The lowest BCUT2D eigenvalue weighted by atomic mass is 10.1. The molecular weight excluding hydrogens is 155 g/mol. The van der Waals surface area contributed by atoms with Crippen LogP contribution in [0.4, 0.5) is 4.39 Å². The average molecular weight is 166 g/mol. The number of aromatic nitrogens is 2. The third-order valence-electron chi connectivity index (χ3n) is 2.43. The van der Waals surface area contributed by atoms with Gasteiger partial charge in [-0.25, -0.2) is 0 Å². The Hall–Kier alpha value is -0.990. The van der Waals surface area contributed by atoms with E-state index in [0.717, 1.165) is 24.2 Å². The van der Waals surface area contributed by atoms with Crippen LogP contribution in [0, 0.1) is 6.92 Å². The van der Waals surface area contributed by atoms with E-state index < -0.39 is 0 Å². The zero-order chi connectivity index (χ0) is 8.60. The van der Waals surface area contributed by atoms with Crippen LogP contribution in [-0.4, -0.2) is 16.6 Å². The minimum atomic E-state index is -0.301. The molecule has 0 radical (unpaired) electrons. The Kier molecular flexibility index (Phi) is 1.60. The van der Waals surface area contributed by atoms with Crippen molar-refractivity contribution in [2.45, 2.75) is 25.2 Å². The van der Waals surface area contributed by atoms with Gasteiger partial charge in [-0.05, 0) is 19.8 Å². The smallest absolute Gasteiger partial charge is 0.101 e. The summed E-state index contributed by atoms with van der Waals surface area (Å²) < 4.78 is 12.6. The van der Waals surface area contributed by atoms with E-state index in [1.165, 1.54) is 0 Å². The van der Waals surface area contributed by atoms with Gasteiger partial charge in [0.25, 0.3) is 0 Å². The lowest BCUT2D eigenvalue weighted by Gasteiger charge is -2.07. The van der Waals surface area contributed by atoms with Gasteiger partial charge in [-0.1, -0.05) is 0 Å². The van der Waals surface area contributed by atoms with Crippen molar-refractivity contribution in [3.63, 3.8) is 0 Å². The first-order valence-corrected chi connectivity index (χ1v) is 4.12. The van der Waals surface area contributed by atoms with Crippen molar-refractivity contribution in [1.29, 1.82) is 0 Å². The Morgan fingerprint density at radius 3 is 2.58 bits per heavy atom. The molecule has 0 saturated heterocycles. The molecule has 1 saturated carbocycles. The average Bonchev–Trinajstić information content (AvgIpc) is 2.86. The summed E-state index contributed by atoms with van der Waals surface area (Å²) in [6.45, 7) is 1.58. The normalized spacial score (nSPS) is 19.2. The Bertz CT molecular complexity index is 277. The third-order valence-corrected chi connectivity index (χ3v) is 2.43. The fourth-order valence-corrected chi connectivity index (χ4v) is 1.28. The van der Waals surface area contributed by atoms with Gasteiger partial charge in [0.05, 0.1) is 11.4 Å². The molecule has 0 atom stereocenters. The number of rotatable bonds is 2. The molecule has 0 spiro atoms. The predicted molar refractivity (Wildman–Crippen MR) is 43.7 cm³/mol. The lowest BCUT2D eigenvalue weighted by molar-refractivity contribution is 0.411. The van der Waals surface area contributed by atoms with Crippen LogP contribution in [0.2, 0.25) is 0 Å². The van der Waals surface area contributed by atoms with Crippen molar-refractivity contribution in [3.8, 4) is 0 Å². The molecule has 1 aliphatic rings. The monoisotopic (exact) mass is 166 g/mol. The molecule has 1 aliphatic carbocycles. The number of nitrogens with zero attached hydrogens (tertiary/aromatic N) is 2. The predicted octanol–water partition coefficient (Wildman–Crippen LogP) is 1.79. The second-order valence-corrected chi connectivity index (χ2v) is 3.46. The Balaban J connectivity index is 2.29. The summed E-state index contributed by atoms with van der Waals surface area (Å²) in [5.74, 6) is 0. The fraction of sp³-hybridized carbons (Fsp3) is 0.556. The summed E-state index contributed by atoms with van der Waals surface area (Å²) in [7, 11) is 0. The molecule has 1 fully saturated rings. The van der Waals surface area contributed by atoms with Gasteiger partial charge in [0.2, 0.25) is 0 Å². The highest BCUT2D eigenvalue weighted by Crippen LogP contribution is 2.47. The maximum atomic E-state index is 12.6. The zero-order valence-corrected chi connectivity index (χ0v) is 7.05. The second kappa shape index (κ2) is 2.51. The molecular formula is C9H11FN2. The first kappa shape index (κ1) is 7.65. The van der Waals surface area contributed by atoms with Crippen molar-refractivity contribution in [1.82, 2.24) is 9.97 Å². The van der Waals surface area contributed by atoms with Gasteiger partial charge in [-0.3, -0.25) is 14.4 Å². The molecule has 0 aliphatic heterocycles. The fourth-order valence-electron chi connectivity index (χ4n) is 1.28. The summed E-state index contributed by atoms with van der Waals surface area (Å²) in [4.78, 5) is 8.28. The topological polar surface area (TPSA) is 25.8 Å². The Morgan fingerprint density at radius 2 is 2.17 bits per heavy atom. The maximum Gasteiger partial charge on any atom is 0.101 e. The maximum absolute atomic E-state index is 12.6. The van der Waals surface area contributed by atoms with E-state index in [0.29, 0.717) is 0 Å². The molecule has 0 N–H and O–H groups in total. The van der Waals surface area contributed by atoms with E-state index >= 15 is 0 Å². The summed E-state index contributed by atoms with van der Waals surface area (Å²) in [6, 6.07) is 0. The molecule has 0 unspecified atom stereocenters. The minimum absolute atomic E-state index is 0.263. The van der Waals surface area contributed by atoms with Crippen LogP contribution in [0.3, 0.4) is 0 Å². The standard InChI is InChI=1S/C9H11FN2/c1-7-4-12-8(5-11-7)9(6-10)2-3-9/h4-5H,2-3,6H2,1H3. The molecule has 1 aromatic rings. The van der Waals surface area contributed by atoms with Gasteiger partial charge >= 0.3 is 0 Å². The van der Waals surface area contributed by atoms with E-state index in [-0.39, 0.29) is 12.1 Å². The van der Waals surface area contributed by atoms with Gasteiger partial charge in [-0.15, -0.1) is 0 Å². The van der Waals surface area contributed by atoms with E-state index in [9.17, 15) is 4.39 Å². The zero-order valence-electron chi connectivity index (χ0n) is 7.05. The van der Waals surface area contributed by atoms with Crippen LogP contribution >= 0.6 is 0 Å². The van der Waals surface area contributed by atoms with Gasteiger partial charge < -0.3 is 0 Å². The highest BCUT2D eigenvalue weighted by Gasteiger charge is 2.46. The van der Waals surface area contributed by atoms with Crippen molar-refractivity contribution in [3.05, 3.63) is 23.8 Å². The number of halogens is 1. The van der Waals surface area contributed by atoms with Gasteiger partial charge in [0, 0.05) is 17.8 Å². The molecule has 0 aromatic carbocycles. The van der Waals surface area contributed by atoms with Crippen molar-refractivity contribution < 1.29 is 4.39 Å². The number of hydrogen-bond donors (Lipinski definition) is 0. The van der Waals surface area contributed by atoms with Crippen LogP contribution in [-0.2, 0) is 5.41 Å². The van der Waals surface area contributed by atoms with Crippen molar-refractivity contribution in [2.24, 2.45) is 0 Å². The van der Waals surface area contributed by atoms with E-state index in [1.54, 1.807) is 12.4 Å². The molecule has 12 heavy (non-hydrogen) atoms. The van der Waals surface area contributed by atoms with E-state index in [1.807, 2.05) is 6.92 Å². The molecule has 2 rings (SSSR count). The first-order valence-electron chi connectivity index (χ1n) is 4.12. The van der Waals surface area contributed by atoms with Crippen LogP contribution < -0.4 is 0 Å². The largest absolute Gasteiger partial charge is 0.258 e. The summed E-state index contributed by atoms with van der Waals surface area (Å²) in [5, 5.41) is 0. The second-order valence-electron chi connectivity index (χ2n) is 3.46. The van der Waals surface area contributed by atoms with Crippen LogP contribution in [0.1, 0.15) is 24.2 Å². The third kappa shape index (κ3) is 1.09. The van der Waals surface area contributed by atoms with Crippen LogP contribution in [0.25, 0.3) is 0 Å². The Labute approximate surface area is 70.9 Å². The number of aryl methyl sites for hydroxylation is 1. The minimum Gasteiger partial charge on any atom is -0.258 e. The first-order chi connectivity index (χ1) is 5.77.